The average Bonchev–Trinajstić information content (AvgIpc) is 2.18. The second kappa shape index (κ2) is 4.87. The van der Waals surface area contributed by atoms with Gasteiger partial charge in [0.2, 0.25) is 0 Å². The molecule has 0 heterocycles. The molecule has 0 aromatic heterocycles. The second-order valence-electron chi connectivity index (χ2n) is 2.60. The third-order valence-electron chi connectivity index (χ3n) is 1.58. The zero-order chi connectivity index (χ0) is 10.4. The van der Waals surface area contributed by atoms with Crippen molar-refractivity contribution in [2.75, 3.05) is 19.0 Å². The molecule has 0 bridgehead atoms. The molecule has 0 fully saturated rings. The summed E-state index contributed by atoms with van der Waals surface area (Å²) in [6.45, 7) is 6.36. The van der Waals surface area contributed by atoms with Gasteiger partial charge in [-0.25, -0.2) is 6.57 Å². The van der Waals surface area contributed by atoms with Crippen molar-refractivity contribution in [2.45, 2.75) is 0 Å². The van der Waals surface area contributed by atoms with Crippen LogP contribution in [0.25, 0.3) is 4.85 Å². The van der Waals surface area contributed by atoms with E-state index in [0.717, 1.165) is 0 Å². The lowest BCUT2D eigenvalue weighted by atomic mass is 10.3. The third kappa shape index (κ3) is 2.79. The molecule has 0 saturated heterocycles. The number of amides is 1. The molecule has 0 spiro atoms. The Kier molecular flexibility index (Phi) is 3.50. The highest BCUT2D eigenvalue weighted by molar-refractivity contribution is 5.93. The molecule has 1 amide bonds. The van der Waals surface area contributed by atoms with Crippen molar-refractivity contribution in [3.05, 3.63) is 35.7 Å². The van der Waals surface area contributed by atoms with E-state index in [9.17, 15) is 4.79 Å². The molecule has 0 radical (unpaired) electrons. The van der Waals surface area contributed by atoms with Crippen LogP contribution in [0.4, 0.5) is 5.69 Å². The second-order valence-corrected chi connectivity index (χ2v) is 2.60. The van der Waals surface area contributed by atoms with Gasteiger partial charge in [0, 0.05) is 11.8 Å². The Morgan fingerprint density at radius 1 is 1.64 bits per heavy atom. The molecule has 1 aromatic rings. The van der Waals surface area contributed by atoms with Crippen LogP contribution in [-0.2, 0) is 4.79 Å². The maximum atomic E-state index is 11.0. The Morgan fingerprint density at radius 3 is 3.07 bits per heavy atom. The van der Waals surface area contributed by atoms with Crippen LogP contribution in [0.2, 0.25) is 0 Å². The monoisotopic (exact) mass is 190 g/mol. The van der Waals surface area contributed by atoms with E-state index in [2.05, 4.69) is 10.2 Å². The predicted octanol–water partition coefficient (Wildman–Crippen LogP) is 1.55. The maximum absolute atomic E-state index is 11.0. The maximum Gasteiger partial charge on any atom is 0.304 e. The minimum absolute atomic E-state index is 0.156. The number of methoxy groups -OCH3 is 1. The summed E-state index contributed by atoms with van der Waals surface area (Å²) >= 11 is 0. The highest BCUT2D eigenvalue weighted by atomic mass is 16.5. The molecule has 1 N–H and O–H groups in total. The Morgan fingerprint density at radius 2 is 2.43 bits per heavy atom. The molecule has 1 rings (SSSR count). The van der Waals surface area contributed by atoms with E-state index in [4.69, 9.17) is 11.3 Å². The number of carbonyl (C=O) groups is 1. The largest absolute Gasteiger partial charge is 0.497 e. The van der Waals surface area contributed by atoms with Crippen molar-refractivity contribution < 1.29 is 9.53 Å². The lowest BCUT2D eigenvalue weighted by Gasteiger charge is -2.03. The van der Waals surface area contributed by atoms with E-state index >= 15 is 0 Å². The normalized spacial score (nSPS) is 8.86. The molecule has 0 aliphatic rings. The van der Waals surface area contributed by atoms with E-state index in [1.807, 2.05) is 0 Å². The summed E-state index contributed by atoms with van der Waals surface area (Å²) in [6, 6.07) is 6.99. The van der Waals surface area contributed by atoms with Gasteiger partial charge in [0.25, 0.3) is 6.54 Å². The summed E-state index contributed by atoms with van der Waals surface area (Å²) < 4.78 is 4.98. The topological polar surface area (TPSA) is 42.7 Å². The van der Waals surface area contributed by atoms with Crippen molar-refractivity contribution in [1.82, 2.24) is 0 Å². The summed E-state index contributed by atoms with van der Waals surface area (Å²) in [7, 11) is 1.56. The smallest absolute Gasteiger partial charge is 0.304 e. The standard InChI is InChI=1S/C10H10N2O2/c1-11-7-10(13)12-8-4-3-5-9(6-8)14-2/h3-6H,7H2,2H3,(H,12,13). The van der Waals surface area contributed by atoms with E-state index in [-0.39, 0.29) is 12.5 Å². The van der Waals surface area contributed by atoms with Gasteiger partial charge in [0.1, 0.15) is 5.75 Å². The van der Waals surface area contributed by atoms with E-state index in [1.165, 1.54) is 0 Å². The lowest BCUT2D eigenvalue weighted by Crippen LogP contribution is -2.13. The Hall–Kier alpha value is -2.02. The first-order chi connectivity index (χ1) is 6.76. The van der Waals surface area contributed by atoms with Gasteiger partial charge >= 0.3 is 5.91 Å². The van der Waals surface area contributed by atoms with Crippen LogP contribution in [0.5, 0.6) is 5.75 Å². The first kappa shape index (κ1) is 10.1. The first-order valence-corrected chi connectivity index (χ1v) is 4.03. The number of carbonyl (C=O) groups excluding carboxylic acids is 1. The van der Waals surface area contributed by atoms with Gasteiger partial charge in [0.05, 0.1) is 7.11 Å². The minimum Gasteiger partial charge on any atom is -0.497 e. The van der Waals surface area contributed by atoms with Crippen LogP contribution in [0, 0.1) is 6.57 Å². The fourth-order valence-corrected chi connectivity index (χ4v) is 0.973. The Balaban J connectivity index is 2.68. The van der Waals surface area contributed by atoms with Crippen molar-refractivity contribution in [1.29, 1.82) is 0 Å². The summed E-state index contributed by atoms with van der Waals surface area (Å²) in [5, 5.41) is 2.58. The molecule has 0 aliphatic heterocycles. The molecule has 4 nitrogen and oxygen atoms in total. The Labute approximate surface area is 82.3 Å². The fraction of sp³-hybridized carbons (Fsp3) is 0.200. The summed E-state index contributed by atoms with van der Waals surface area (Å²) in [4.78, 5) is 14.0. The molecule has 1 aromatic carbocycles. The van der Waals surface area contributed by atoms with Crippen molar-refractivity contribution >= 4 is 11.6 Å². The van der Waals surface area contributed by atoms with E-state index in [1.54, 1.807) is 31.4 Å². The molecule has 14 heavy (non-hydrogen) atoms. The van der Waals surface area contributed by atoms with E-state index < -0.39 is 0 Å². The lowest BCUT2D eigenvalue weighted by molar-refractivity contribution is -0.114. The molecule has 4 heteroatoms. The predicted molar refractivity (Wildman–Crippen MR) is 53.1 cm³/mol. The number of nitrogens with zero attached hydrogens (tertiary/aromatic N) is 1. The summed E-state index contributed by atoms with van der Waals surface area (Å²) in [6.07, 6.45) is 0. The molecular formula is C10H10N2O2. The van der Waals surface area contributed by atoms with Crippen molar-refractivity contribution in [3.63, 3.8) is 0 Å². The van der Waals surface area contributed by atoms with Crippen LogP contribution >= 0.6 is 0 Å². The summed E-state index contributed by atoms with van der Waals surface area (Å²) in [5.74, 6) is 0.360. The van der Waals surface area contributed by atoms with Crippen LogP contribution in [0.3, 0.4) is 0 Å². The number of benzene rings is 1. The van der Waals surface area contributed by atoms with Crippen molar-refractivity contribution in [3.8, 4) is 5.75 Å². The van der Waals surface area contributed by atoms with Gasteiger partial charge in [-0.05, 0) is 12.1 Å². The van der Waals surface area contributed by atoms with E-state index in [0.29, 0.717) is 11.4 Å². The number of hydrogen-bond donors (Lipinski definition) is 1. The molecular weight excluding hydrogens is 180 g/mol. The van der Waals surface area contributed by atoms with Gasteiger partial charge in [-0.3, -0.25) is 4.79 Å². The number of ether oxygens (including phenoxy) is 1. The number of nitrogens with one attached hydrogen (secondary N) is 1. The van der Waals surface area contributed by atoms with Crippen LogP contribution in [-0.4, -0.2) is 19.6 Å². The first-order valence-electron chi connectivity index (χ1n) is 4.03. The number of anilines is 1. The van der Waals surface area contributed by atoms with Gasteiger partial charge in [-0.1, -0.05) is 6.07 Å². The third-order valence-corrected chi connectivity index (χ3v) is 1.58. The van der Waals surface area contributed by atoms with Gasteiger partial charge in [-0.15, -0.1) is 0 Å². The SMILES string of the molecule is [C-]#[N+]CC(=O)Nc1cccc(OC)c1. The highest BCUT2D eigenvalue weighted by Gasteiger charge is 2.04. The number of rotatable bonds is 3. The van der Waals surface area contributed by atoms with Gasteiger partial charge in [0.15, 0.2) is 0 Å². The zero-order valence-electron chi connectivity index (χ0n) is 7.78. The van der Waals surface area contributed by atoms with Crippen LogP contribution < -0.4 is 10.1 Å². The molecule has 0 saturated carbocycles. The molecule has 0 unspecified atom stereocenters. The quantitative estimate of drug-likeness (QED) is 0.735. The van der Waals surface area contributed by atoms with Crippen LogP contribution in [0.1, 0.15) is 0 Å². The van der Waals surface area contributed by atoms with Crippen molar-refractivity contribution in [2.24, 2.45) is 0 Å². The summed E-state index contributed by atoms with van der Waals surface area (Å²) in [5.41, 5.74) is 0.637. The average molecular weight is 190 g/mol. The van der Waals surface area contributed by atoms with Crippen LogP contribution in [0.15, 0.2) is 24.3 Å². The molecule has 72 valence electrons. The minimum atomic E-state index is -0.312. The molecule has 0 aliphatic carbocycles. The highest BCUT2D eigenvalue weighted by Crippen LogP contribution is 2.16. The zero-order valence-corrected chi connectivity index (χ0v) is 7.78. The van der Waals surface area contributed by atoms with Gasteiger partial charge < -0.3 is 14.9 Å². The number of hydrogen-bond acceptors (Lipinski definition) is 2. The molecule has 0 atom stereocenters. The fourth-order valence-electron chi connectivity index (χ4n) is 0.973. The van der Waals surface area contributed by atoms with Gasteiger partial charge in [-0.2, -0.15) is 0 Å². The Bertz CT molecular complexity index is 369.